The minimum atomic E-state index is -3.09. The van der Waals surface area contributed by atoms with Gasteiger partial charge < -0.3 is 24.4 Å². The second-order valence-corrected chi connectivity index (χ2v) is 7.62. The van der Waals surface area contributed by atoms with Crippen LogP contribution in [0.5, 0.6) is 0 Å². The fraction of sp³-hybridized carbons (Fsp3) is 0.273. The number of aliphatic hydroxyl groups excluding tert-OH is 2. The summed E-state index contributed by atoms with van der Waals surface area (Å²) in [6.45, 7) is -1.92. The van der Waals surface area contributed by atoms with E-state index in [1.165, 1.54) is 49.1 Å². The number of carbonyl (C=O) groups is 2. The summed E-state index contributed by atoms with van der Waals surface area (Å²) < 4.78 is 31.4. The largest absolute Gasteiger partial charge is 0.456 e. The fourth-order valence-electron chi connectivity index (χ4n) is 3.36. The summed E-state index contributed by atoms with van der Waals surface area (Å²) in [5.74, 6) is -4.92. The lowest BCUT2D eigenvalue weighted by molar-refractivity contribution is -0.207. The van der Waals surface area contributed by atoms with Gasteiger partial charge in [0.25, 0.3) is 11.4 Å². The zero-order valence-electron chi connectivity index (χ0n) is 18.3. The van der Waals surface area contributed by atoms with Gasteiger partial charge in [0.15, 0.2) is 19.6 Å². The van der Waals surface area contributed by atoms with E-state index < -0.39 is 60.8 Å². The van der Waals surface area contributed by atoms with Crippen LogP contribution in [0.25, 0.3) is 0 Å². The normalized spacial score (nSPS) is 23.2. The van der Waals surface area contributed by atoms with Crippen molar-refractivity contribution in [3.8, 4) is 0 Å². The Bertz CT molecular complexity index is 1370. The first kappa shape index (κ1) is 24.8. The molecule has 2 N–H and O–H groups in total. The van der Waals surface area contributed by atoms with Crippen molar-refractivity contribution in [2.45, 2.75) is 31.0 Å². The van der Waals surface area contributed by atoms with Crippen LogP contribution in [0, 0.1) is 0 Å². The van der Waals surface area contributed by atoms with Crippen LogP contribution in [0.15, 0.2) is 70.9 Å². The Morgan fingerprint density at radius 3 is 2.22 bits per heavy atom. The lowest BCUT2D eigenvalue weighted by Gasteiger charge is -2.22. The summed E-state index contributed by atoms with van der Waals surface area (Å²) >= 11 is 0. The van der Waals surface area contributed by atoms with E-state index in [0.29, 0.717) is 9.13 Å². The molecule has 1 saturated heterocycles. The van der Waals surface area contributed by atoms with Crippen molar-refractivity contribution in [2.75, 3.05) is 6.61 Å². The Kier molecular flexibility index (Phi) is 7.00. The van der Waals surface area contributed by atoms with Crippen molar-refractivity contribution in [2.24, 2.45) is 0 Å². The number of aromatic nitrogens is 4. The molecular formula is C22H19FN4O9. The number of hydrogen-bond acceptors (Lipinski definition) is 11. The highest BCUT2D eigenvalue weighted by Gasteiger charge is 2.57. The molecule has 0 aliphatic carbocycles. The predicted molar refractivity (Wildman–Crippen MR) is 115 cm³/mol. The summed E-state index contributed by atoms with van der Waals surface area (Å²) in [5.41, 5.74) is -1.91. The van der Waals surface area contributed by atoms with Crippen LogP contribution in [0.2, 0.25) is 0 Å². The van der Waals surface area contributed by atoms with Gasteiger partial charge in [-0.1, -0.05) is 0 Å². The second-order valence-electron chi connectivity index (χ2n) is 7.62. The third kappa shape index (κ3) is 4.91. The maximum Gasteiger partial charge on any atom is 0.341 e. The number of halogens is 1. The van der Waals surface area contributed by atoms with Gasteiger partial charge in [-0.2, -0.15) is 0 Å². The molecule has 1 fully saturated rings. The highest BCUT2D eigenvalue weighted by molar-refractivity contribution is 5.89. The minimum absolute atomic E-state index is 0.00909. The van der Waals surface area contributed by atoms with Gasteiger partial charge in [-0.3, -0.25) is 19.3 Å². The van der Waals surface area contributed by atoms with E-state index in [2.05, 4.69) is 9.97 Å². The van der Waals surface area contributed by atoms with E-state index in [9.17, 15) is 29.4 Å². The van der Waals surface area contributed by atoms with E-state index in [4.69, 9.17) is 14.2 Å². The van der Waals surface area contributed by atoms with Gasteiger partial charge in [0.1, 0.15) is 12.2 Å². The average Bonchev–Trinajstić information content (AvgIpc) is 3.12. The monoisotopic (exact) mass is 502 g/mol. The van der Waals surface area contributed by atoms with Crippen molar-refractivity contribution in [1.29, 1.82) is 0 Å². The fourth-order valence-corrected chi connectivity index (χ4v) is 3.36. The summed E-state index contributed by atoms with van der Waals surface area (Å²) in [4.78, 5) is 56.8. The Morgan fingerprint density at radius 1 is 1.03 bits per heavy atom. The van der Waals surface area contributed by atoms with Gasteiger partial charge in [0.2, 0.25) is 0 Å². The third-order valence-electron chi connectivity index (χ3n) is 5.26. The van der Waals surface area contributed by atoms with Crippen LogP contribution in [0.1, 0.15) is 26.9 Å². The van der Waals surface area contributed by atoms with E-state index in [1.807, 2.05) is 0 Å². The van der Waals surface area contributed by atoms with Gasteiger partial charge in [-0.05, 0) is 24.3 Å². The number of hydrogen-bond donors (Lipinski definition) is 2. The first-order valence-electron chi connectivity index (χ1n) is 10.4. The van der Waals surface area contributed by atoms with Crippen LogP contribution >= 0.6 is 0 Å². The smallest absolute Gasteiger partial charge is 0.341 e. The van der Waals surface area contributed by atoms with Gasteiger partial charge >= 0.3 is 17.6 Å². The third-order valence-corrected chi connectivity index (χ3v) is 5.26. The topological polar surface area (TPSA) is 172 Å². The van der Waals surface area contributed by atoms with Crippen molar-refractivity contribution in [3.05, 3.63) is 93.3 Å². The molecule has 0 radical (unpaired) electrons. The van der Waals surface area contributed by atoms with Crippen LogP contribution in [0.3, 0.4) is 0 Å². The Morgan fingerprint density at radius 2 is 1.64 bits per heavy atom. The maximum atomic E-state index is 15.3. The zero-order valence-corrected chi connectivity index (χ0v) is 18.3. The molecule has 4 atom stereocenters. The number of aliphatic hydroxyl groups is 2. The average molecular weight is 502 g/mol. The van der Waals surface area contributed by atoms with Crippen LogP contribution in [-0.2, 0) is 20.9 Å². The van der Waals surface area contributed by atoms with Crippen LogP contribution in [0.4, 0.5) is 4.39 Å². The predicted octanol–water partition coefficient (Wildman–Crippen LogP) is -0.612. The van der Waals surface area contributed by atoms with Gasteiger partial charge in [0.05, 0.1) is 11.1 Å². The molecule has 3 aromatic rings. The van der Waals surface area contributed by atoms with E-state index in [1.54, 1.807) is 0 Å². The number of pyridine rings is 2. The van der Waals surface area contributed by atoms with E-state index in [-0.39, 0.29) is 11.1 Å². The molecule has 0 spiro atoms. The van der Waals surface area contributed by atoms with Crippen molar-refractivity contribution >= 4 is 11.9 Å². The highest BCUT2D eigenvalue weighted by atomic mass is 19.2. The number of ether oxygens (including phenoxy) is 3. The highest BCUT2D eigenvalue weighted by Crippen LogP contribution is 2.38. The van der Waals surface area contributed by atoms with Crippen LogP contribution in [-0.4, -0.2) is 65.9 Å². The minimum Gasteiger partial charge on any atom is -0.456 e. The number of rotatable bonds is 7. The van der Waals surface area contributed by atoms with Crippen LogP contribution < -0.4 is 11.2 Å². The molecule has 36 heavy (non-hydrogen) atoms. The van der Waals surface area contributed by atoms with Gasteiger partial charge in [0, 0.05) is 37.1 Å². The molecule has 1 aliphatic heterocycles. The van der Waals surface area contributed by atoms with Crippen molar-refractivity contribution in [1.82, 2.24) is 19.1 Å². The molecule has 4 rings (SSSR count). The molecule has 188 valence electrons. The van der Waals surface area contributed by atoms with Crippen molar-refractivity contribution in [3.63, 3.8) is 0 Å². The quantitative estimate of drug-likeness (QED) is 0.395. The summed E-state index contributed by atoms with van der Waals surface area (Å²) in [6.07, 6.45) is 0.140. The lowest BCUT2D eigenvalue weighted by Crippen LogP contribution is -2.44. The second kappa shape index (κ2) is 10.2. The first-order valence-corrected chi connectivity index (χ1v) is 10.4. The molecule has 13 nitrogen and oxygen atoms in total. The molecule has 1 aliphatic rings. The number of alkyl halides is 1. The Hall–Kier alpha value is -4.27. The molecular weight excluding hydrogens is 483 g/mol. The van der Waals surface area contributed by atoms with Crippen molar-refractivity contribution < 1.29 is 38.4 Å². The Balaban J connectivity index is 1.50. The first-order chi connectivity index (χ1) is 17.2. The van der Waals surface area contributed by atoms with Gasteiger partial charge in [-0.15, -0.1) is 0 Å². The maximum absolute atomic E-state index is 15.3. The Labute approximate surface area is 200 Å². The molecule has 14 heteroatoms. The van der Waals surface area contributed by atoms with Gasteiger partial charge in [-0.25, -0.2) is 23.3 Å². The SMILES string of the molecule is O=C(OCn1c(=O)ccn([C@@H]2O[C@](F)(COC(=O)c3cccnc3)[C@@H](O)[C@H]2O)c1=O)c1cccnc1. The number of esters is 2. The molecule has 3 aromatic heterocycles. The molecule has 0 aromatic carbocycles. The molecule has 4 heterocycles. The number of carbonyl (C=O) groups excluding carboxylic acids is 2. The zero-order chi connectivity index (χ0) is 25.9. The molecule has 0 bridgehead atoms. The standard InChI is InChI=1S/C22H19FN4O9/c23-22(11-34-19(31)13-3-1-6-24-9-13)17(30)16(29)18(36-22)26-8-5-15(28)27(21(26)33)12-35-20(32)14-4-2-7-25-10-14/h1-10,16-18,29-30H,11-12H2/t16-,17+,18-,22-/m1/s1. The lowest BCUT2D eigenvalue weighted by atomic mass is 10.1. The van der Waals surface area contributed by atoms with E-state index in [0.717, 1.165) is 12.3 Å². The van der Waals surface area contributed by atoms with E-state index >= 15 is 4.39 Å². The summed E-state index contributed by atoms with van der Waals surface area (Å²) in [6, 6.07) is 6.61. The molecule has 0 saturated carbocycles. The molecule has 0 amide bonds. The summed E-state index contributed by atoms with van der Waals surface area (Å²) in [5, 5.41) is 20.6. The number of nitrogens with zero attached hydrogens (tertiary/aromatic N) is 4. The molecule has 0 unspecified atom stereocenters. The summed E-state index contributed by atoms with van der Waals surface area (Å²) in [7, 11) is 0.